The second kappa shape index (κ2) is 9.85. The van der Waals surface area contributed by atoms with Crippen LogP contribution in [-0.2, 0) is 4.79 Å². The summed E-state index contributed by atoms with van der Waals surface area (Å²) in [6, 6.07) is 9.93. The maximum atomic E-state index is 12.2. The average Bonchev–Trinajstić information content (AvgIpc) is 3.16. The molecule has 1 aromatic heterocycles. The summed E-state index contributed by atoms with van der Waals surface area (Å²) in [6.07, 6.45) is 0. The molecule has 13 heteroatoms. The Morgan fingerprint density at radius 1 is 1.07 bits per heavy atom. The molecule has 0 fully saturated rings. The number of hydrogen-bond donors (Lipinski definition) is 2. The number of non-ortho nitro benzene ring substituents is 1. The first-order valence-corrected chi connectivity index (χ1v) is 10.6. The molecule has 30 heavy (non-hydrogen) atoms. The predicted octanol–water partition coefficient (Wildman–Crippen LogP) is 4.74. The molecule has 0 saturated heterocycles. The van der Waals surface area contributed by atoms with Crippen molar-refractivity contribution in [2.24, 2.45) is 0 Å². The first-order valence-electron chi connectivity index (χ1n) is 8.09. The van der Waals surface area contributed by atoms with Crippen molar-refractivity contribution >= 4 is 74.6 Å². The molecule has 1 heterocycles. The van der Waals surface area contributed by atoms with E-state index in [2.05, 4.69) is 20.8 Å². The molecule has 0 unspecified atom stereocenters. The predicted molar refractivity (Wildman–Crippen MR) is 117 cm³/mol. The van der Waals surface area contributed by atoms with Crippen LogP contribution < -0.4 is 10.6 Å². The number of benzene rings is 2. The third-order valence-corrected chi connectivity index (χ3v) is 6.21. The van der Waals surface area contributed by atoms with Crippen LogP contribution in [0.5, 0.6) is 0 Å². The van der Waals surface area contributed by atoms with Crippen LogP contribution in [0.1, 0.15) is 10.4 Å². The first kappa shape index (κ1) is 22.0. The van der Waals surface area contributed by atoms with Gasteiger partial charge in [0.2, 0.25) is 11.0 Å². The van der Waals surface area contributed by atoms with Gasteiger partial charge in [0.25, 0.3) is 11.6 Å². The van der Waals surface area contributed by atoms with E-state index in [9.17, 15) is 19.7 Å². The van der Waals surface area contributed by atoms with Gasteiger partial charge in [0.1, 0.15) is 0 Å². The molecule has 0 radical (unpaired) electrons. The summed E-state index contributed by atoms with van der Waals surface area (Å²) < 4.78 is 0.485. The highest BCUT2D eigenvalue weighted by Gasteiger charge is 2.13. The maximum Gasteiger partial charge on any atom is 0.269 e. The van der Waals surface area contributed by atoms with Crippen LogP contribution >= 0.6 is 46.3 Å². The normalized spacial score (nSPS) is 10.5. The molecule has 0 atom stereocenters. The van der Waals surface area contributed by atoms with Gasteiger partial charge in [0.05, 0.1) is 20.7 Å². The van der Waals surface area contributed by atoms with Gasteiger partial charge < -0.3 is 5.32 Å². The second-order valence-corrected chi connectivity index (χ2v) is 8.61. The molecule has 0 bridgehead atoms. The molecule has 2 amide bonds. The molecule has 3 aromatic rings. The fourth-order valence-electron chi connectivity index (χ4n) is 2.12. The van der Waals surface area contributed by atoms with Crippen LogP contribution in [0.3, 0.4) is 0 Å². The zero-order valence-electron chi connectivity index (χ0n) is 14.8. The lowest BCUT2D eigenvalue weighted by Crippen LogP contribution is -2.13. The average molecular weight is 484 g/mol. The number of carbonyl (C=O) groups excluding carboxylic acids is 2. The largest absolute Gasteiger partial charge is 0.325 e. The summed E-state index contributed by atoms with van der Waals surface area (Å²) in [5.41, 5.74) is 0.648. The van der Waals surface area contributed by atoms with Gasteiger partial charge in [-0.05, 0) is 30.3 Å². The molecule has 0 spiro atoms. The van der Waals surface area contributed by atoms with Crippen molar-refractivity contribution in [1.29, 1.82) is 0 Å². The van der Waals surface area contributed by atoms with Gasteiger partial charge in [-0.3, -0.25) is 25.0 Å². The molecule has 0 aliphatic carbocycles. The number of aromatic nitrogens is 2. The van der Waals surface area contributed by atoms with Gasteiger partial charge >= 0.3 is 0 Å². The van der Waals surface area contributed by atoms with E-state index >= 15 is 0 Å². The highest BCUT2D eigenvalue weighted by Crippen LogP contribution is 2.27. The quantitative estimate of drug-likeness (QED) is 0.215. The first-order chi connectivity index (χ1) is 14.3. The molecule has 3 rings (SSSR count). The Bertz CT molecular complexity index is 1110. The van der Waals surface area contributed by atoms with E-state index in [4.69, 9.17) is 23.2 Å². The summed E-state index contributed by atoms with van der Waals surface area (Å²) in [7, 11) is 0. The Labute approximate surface area is 187 Å². The Hall–Kier alpha value is -2.73. The maximum absolute atomic E-state index is 12.2. The number of amides is 2. The van der Waals surface area contributed by atoms with Gasteiger partial charge in [-0.2, -0.15) is 0 Å². The summed E-state index contributed by atoms with van der Waals surface area (Å²) in [5, 5.41) is 24.6. The van der Waals surface area contributed by atoms with E-state index < -0.39 is 10.8 Å². The number of nitro groups is 1. The van der Waals surface area contributed by atoms with Crippen molar-refractivity contribution in [1.82, 2.24) is 10.2 Å². The van der Waals surface area contributed by atoms with E-state index in [0.29, 0.717) is 20.1 Å². The summed E-state index contributed by atoms with van der Waals surface area (Å²) in [4.78, 5) is 34.4. The Morgan fingerprint density at radius 3 is 2.47 bits per heavy atom. The number of hydrogen-bond acceptors (Lipinski definition) is 8. The molecule has 2 N–H and O–H groups in total. The monoisotopic (exact) mass is 483 g/mol. The van der Waals surface area contributed by atoms with Gasteiger partial charge in [0, 0.05) is 23.4 Å². The minimum atomic E-state index is -0.548. The Balaban J connectivity index is 1.51. The Morgan fingerprint density at radius 2 is 1.80 bits per heavy atom. The lowest BCUT2D eigenvalue weighted by molar-refractivity contribution is -0.384. The minimum Gasteiger partial charge on any atom is -0.325 e. The highest BCUT2D eigenvalue weighted by atomic mass is 35.5. The smallest absolute Gasteiger partial charge is 0.269 e. The topological polar surface area (TPSA) is 127 Å². The highest BCUT2D eigenvalue weighted by molar-refractivity contribution is 8.01. The minimum absolute atomic E-state index is 0.0746. The van der Waals surface area contributed by atoms with Crippen molar-refractivity contribution in [2.75, 3.05) is 16.4 Å². The third kappa shape index (κ3) is 5.89. The van der Waals surface area contributed by atoms with E-state index in [1.54, 1.807) is 18.2 Å². The molecule has 2 aromatic carbocycles. The molecular formula is C17H11Cl2N5O4S2. The van der Waals surface area contributed by atoms with Crippen molar-refractivity contribution in [3.63, 3.8) is 0 Å². The van der Waals surface area contributed by atoms with Crippen LogP contribution in [0.2, 0.25) is 10.0 Å². The molecular weight excluding hydrogens is 473 g/mol. The number of nitro benzene ring substituents is 1. The molecule has 0 saturated carbocycles. The molecule has 0 aliphatic rings. The number of nitrogens with one attached hydrogen (secondary N) is 2. The van der Waals surface area contributed by atoms with Crippen LogP contribution in [0.25, 0.3) is 0 Å². The Kier molecular flexibility index (Phi) is 7.21. The number of rotatable bonds is 7. The summed E-state index contributed by atoms with van der Waals surface area (Å²) >= 11 is 14.0. The molecule has 0 aliphatic heterocycles. The van der Waals surface area contributed by atoms with Gasteiger partial charge in [-0.1, -0.05) is 46.3 Å². The van der Waals surface area contributed by atoms with E-state index in [0.717, 1.165) is 23.1 Å². The number of anilines is 2. The van der Waals surface area contributed by atoms with Gasteiger partial charge in [-0.25, -0.2) is 0 Å². The van der Waals surface area contributed by atoms with E-state index in [-0.39, 0.29) is 28.0 Å². The number of thioether (sulfide) groups is 1. The van der Waals surface area contributed by atoms with Crippen molar-refractivity contribution < 1.29 is 14.5 Å². The van der Waals surface area contributed by atoms with Crippen LogP contribution in [-0.4, -0.2) is 32.7 Å². The van der Waals surface area contributed by atoms with Crippen molar-refractivity contribution in [3.05, 3.63) is 68.2 Å². The van der Waals surface area contributed by atoms with E-state index in [1.807, 2.05) is 0 Å². The summed E-state index contributed by atoms with van der Waals surface area (Å²) in [5.74, 6) is -0.675. The zero-order chi connectivity index (χ0) is 21.7. The standard InChI is InChI=1S/C17H11Cl2N5O4S2/c18-12-6-3-10(7-13(12)19)20-14(25)8-29-17-23-22-16(30-17)21-15(26)9-1-4-11(5-2-9)24(27)28/h1-7H,8H2,(H,20,25)(H,21,22,26). The molecule has 154 valence electrons. The van der Waals surface area contributed by atoms with E-state index in [1.165, 1.54) is 24.3 Å². The third-order valence-electron chi connectivity index (χ3n) is 3.50. The number of carbonyl (C=O) groups is 2. The SMILES string of the molecule is O=C(CSc1nnc(NC(=O)c2ccc([N+](=O)[O-])cc2)s1)Nc1ccc(Cl)c(Cl)c1. The fraction of sp³-hybridized carbons (Fsp3) is 0.0588. The van der Waals surface area contributed by atoms with Gasteiger partial charge in [0.15, 0.2) is 4.34 Å². The van der Waals surface area contributed by atoms with Crippen LogP contribution in [0, 0.1) is 10.1 Å². The lowest BCUT2D eigenvalue weighted by atomic mass is 10.2. The molecule has 9 nitrogen and oxygen atoms in total. The lowest BCUT2D eigenvalue weighted by Gasteiger charge is -2.05. The van der Waals surface area contributed by atoms with Gasteiger partial charge in [-0.15, -0.1) is 10.2 Å². The van der Waals surface area contributed by atoms with Crippen LogP contribution in [0.4, 0.5) is 16.5 Å². The second-order valence-electron chi connectivity index (χ2n) is 5.60. The zero-order valence-corrected chi connectivity index (χ0v) is 17.9. The number of nitrogens with zero attached hydrogens (tertiary/aromatic N) is 3. The van der Waals surface area contributed by atoms with Crippen LogP contribution in [0.15, 0.2) is 46.8 Å². The van der Waals surface area contributed by atoms with Crippen molar-refractivity contribution in [2.45, 2.75) is 4.34 Å². The summed E-state index contributed by atoms with van der Waals surface area (Å²) in [6.45, 7) is 0. The van der Waals surface area contributed by atoms with Crippen molar-refractivity contribution in [3.8, 4) is 0 Å². The fourth-order valence-corrected chi connectivity index (χ4v) is 3.97. The number of halogens is 2.